The third kappa shape index (κ3) is 2.25. The van der Waals surface area contributed by atoms with Gasteiger partial charge in [0.1, 0.15) is 0 Å². The molecule has 0 aromatic heterocycles. The second-order valence-electron chi connectivity index (χ2n) is 4.13. The molecule has 2 N–H and O–H groups in total. The van der Waals surface area contributed by atoms with Crippen molar-refractivity contribution in [1.82, 2.24) is 10.6 Å². The van der Waals surface area contributed by atoms with E-state index in [0.29, 0.717) is 0 Å². The summed E-state index contributed by atoms with van der Waals surface area (Å²) < 4.78 is 38.4. The summed E-state index contributed by atoms with van der Waals surface area (Å²) in [6.07, 6.45) is -4.68. The molecular formula is C9H15F3N2O. The number of amides is 1. The van der Waals surface area contributed by atoms with E-state index < -0.39 is 17.5 Å². The van der Waals surface area contributed by atoms with E-state index in [1.807, 2.05) is 0 Å². The van der Waals surface area contributed by atoms with Crippen LogP contribution in [0.4, 0.5) is 13.2 Å². The number of alkyl halides is 3. The molecule has 1 aliphatic rings. The fraction of sp³-hybridized carbons (Fsp3) is 0.889. The Bertz CT molecular complexity index is 244. The van der Waals surface area contributed by atoms with Gasteiger partial charge >= 0.3 is 6.18 Å². The highest BCUT2D eigenvalue weighted by molar-refractivity contribution is 5.84. The SMILES string of the molecule is CC(C)NC(=O)C1(C(F)(F)F)CCNC1. The van der Waals surface area contributed by atoms with E-state index in [2.05, 4.69) is 10.6 Å². The number of carbonyl (C=O) groups is 1. The van der Waals surface area contributed by atoms with Crippen LogP contribution in [0.5, 0.6) is 0 Å². The molecule has 3 nitrogen and oxygen atoms in total. The molecule has 0 spiro atoms. The number of hydrogen-bond acceptors (Lipinski definition) is 2. The molecule has 1 fully saturated rings. The second kappa shape index (κ2) is 4.00. The van der Waals surface area contributed by atoms with Crippen LogP contribution in [0.3, 0.4) is 0 Å². The Morgan fingerprint density at radius 2 is 2.07 bits per heavy atom. The third-order valence-electron chi connectivity index (χ3n) is 2.55. The second-order valence-corrected chi connectivity index (χ2v) is 4.13. The normalized spacial score (nSPS) is 27.1. The van der Waals surface area contributed by atoms with Crippen LogP contribution < -0.4 is 10.6 Å². The van der Waals surface area contributed by atoms with Crippen LogP contribution in [0.1, 0.15) is 20.3 Å². The number of rotatable bonds is 2. The minimum absolute atomic E-state index is 0.185. The van der Waals surface area contributed by atoms with Crippen molar-refractivity contribution in [2.24, 2.45) is 5.41 Å². The van der Waals surface area contributed by atoms with E-state index >= 15 is 0 Å². The highest BCUT2D eigenvalue weighted by atomic mass is 19.4. The summed E-state index contributed by atoms with van der Waals surface area (Å²) in [7, 11) is 0. The van der Waals surface area contributed by atoms with Gasteiger partial charge in [-0.2, -0.15) is 13.2 Å². The van der Waals surface area contributed by atoms with E-state index in [-0.39, 0.29) is 25.6 Å². The topological polar surface area (TPSA) is 41.1 Å². The van der Waals surface area contributed by atoms with Gasteiger partial charge in [-0.3, -0.25) is 4.79 Å². The van der Waals surface area contributed by atoms with E-state index in [1.165, 1.54) is 0 Å². The van der Waals surface area contributed by atoms with Gasteiger partial charge in [-0.1, -0.05) is 0 Å². The fourth-order valence-corrected chi connectivity index (χ4v) is 1.66. The molecule has 0 aromatic rings. The zero-order chi connectivity index (χ0) is 11.7. The van der Waals surface area contributed by atoms with Crippen LogP contribution in [-0.4, -0.2) is 31.2 Å². The smallest absolute Gasteiger partial charge is 0.353 e. The van der Waals surface area contributed by atoms with Gasteiger partial charge in [-0.15, -0.1) is 0 Å². The van der Waals surface area contributed by atoms with Gasteiger partial charge in [0.25, 0.3) is 0 Å². The number of hydrogen-bond donors (Lipinski definition) is 2. The van der Waals surface area contributed by atoms with Crippen molar-refractivity contribution in [3.63, 3.8) is 0 Å². The average Bonchev–Trinajstić information content (AvgIpc) is 2.49. The molecule has 6 heteroatoms. The molecule has 1 amide bonds. The summed E-state index contributed by atoms with van der Waals surface area (Å²) in [6.45, 7) is 3.19. The van der Waals surface area contributed by atoms with Crippen molar-refractivity contribution in [2.75, 3.05) is 13.1 Å². The molecule has 1 aliphatic heterocycles. The van der Waals surface area contributed by atoms with Crippen LogP contribution in [-0.2, 0) is 4.79 Å². The van der Waals surface area contributed by atoms with E-state index in [9.17, 15) is 18.0 Å². The maximum absolute atomic E-state index is 12.8. The van der Waals surface area contributed by atoms with Crippen molar-refractivity contribution in [3.8, 4) is 0 Å². The first kappa shape index (κ1) is 12.3. The van der Waals surface area contributed by atoms with Crippen molar-refractivity contribution in [3.05, 3.63) is 0 Å². The Balaban J connectivity index is 2.87. The maximum atomic E-state index is 12.8. The van der Waals surface area contributed by atoms with Crippen LogP contribution in [0.25, 0.3) is 0 Å². The molecule has 0 radical (unpaired) electrons. The van der Waals surface area contributed by atoms with Gasteiger partial charge in [-0.25, -0.2) is 0 Å². The van der Waals surface area contributed by atoms with Gasteiger partial charge in [0, 0.05) is 12.6 Å². The van der Waals surface area contributed by atoms with Crippen molar-refractivity contribution < 1.29 is 18.0 Å². The lowest BCUT2D eigenvalue weighted by Gasteiger charge is -2.30. The molecule has 0 aromatic carbocycles. The first-order valence-electron chi connectivity index (χ1n) is 4.88. The van der Waals surface area contributed by atoms with Gasteiger partial charge in [0.2, 0.25) is 5.91 Å². The summed E-state index contributed by atoms with van der Waals surface area (Å²) in [6, 6.07) is -0.280. The highest BCUT2D eigenvalue weighted by Crippen LogP contribution is 2.43. The molecule has 15 heavy (non-hydrogen) atoms. The van der Waals surface area contributed by atoms with Gasteiger partial charge < -0.3 is 10.6 Å². The maximum Gasteiger partial charge on any atom is 0.404 e. The van der Waals surface area contributed by atoms with Crippen LogP contribution in [0, 0.1) is 5.41 Å². The third-order valence-corrected chi connectivity index (χ3v) is 2.55. The first-order valence-corrected chi connectivity index (χ1v) is 4.88. The van der Waals surface area contributed by atoms with Crippen molar-refractivity contribution >= 4 is 5.91 Å². The van der Waals surface area contributed by atoms with Crippen molar-refractivity contribution in [2.45, 2.75) is 32.5 Å². The molecule has 1 rings (SSSR count). The Morgan fingerprint density at radius 3 is 2.40 bits per heavy atom. The lowest BCUT2D eigenvalue weighted by atomic mass is 9.85. The molecule has 1 unspecified atom stereocenters. The van der Waals surface area contributed by atoms with Gasteiger partial charge in [0.05, 0.1) is 0 Å². The van der Waals surface area contributed by atoms with Gasteiger partial charge in [-0.05, 0) is 26.8 Å². The minimum Gasteiger partial charge on any atom is -0.353 e. The number of halogens is 3. The van der Waals surface area contributed by atoms with Crippen molar-refractivity contribution in [1.29, 1.82) is 0 Å². The summed E-state index contributed by atoms with van der Waals surface area (Å²) in [5.74, 6) is -0.921. The molecule has 1 saturated heterocycles. The predicted molar refractivity (Wildman–Crippen MR) is 49.3 cm³/mol. The summed E-state index contributed by atoms with van der Waals surface area (Å²) >= 11 is 0. The van der Waals surface area contributed by atoms with E-state index in [1.54, 1.807) is 13.8 Å². The molecule has 1 heterocycles. The lowest BCUT2D eigenvalue weighted by Crippen LogP contribution is -2.53. The van der Waals surface area contributed by atoms with E-state index in [0.717, 1.165) is 0 Å². The Morgan fingerprint density at radius 1 is 1.47 bits per heavy atom. The zero-order valence-electron chi connectivity index (χ0n) is 8.74. The summed E-state index contributed by atoms with van der Waals surface area (Å²) in [5, 5.41) is 4.93. The zero-order valence-corrected chi connectivity index (χ0v) is 8.74. The minimum atomic E-state index is -4.49. The molecule has 0 saturated carbocycles. The predicted octanol–water partition coefficient (Wildman–Crippen LogP) is 1.05. The highest BCUT2D eigenvalue weighted by Gasteiger charge is 2.61. The van der Waals surface area contributed by atoms with Gasteiger partial charge in [0.15, 0.2) is 5.41 Å². The summed E-state index contributed by atoms with van der Waals surface area (Å²) in [4.78, 5) is 11.6. The largest absolute Gasteiger partial charge is 0.404 e. The Hall–Kier alpha value is -0.780. The molecule has 0 bridgehead atoms. The number of nitrogens with one attached hydrogen (secondary N) is 2. The Kier molecular flexibility index (Phi) is 3.28. The summed E-state index contributed by atoms with van der Waals surface area (Å²) in [5.41, 5.74) is -2.24. The fourth-order valence-electron chi connectivity index (χ4n) is 1.66. The standard InChI is InChI=1S/C9H15F3N2O/c1-6(2)14-7(15)8(9(10,11)12)3-4-13-5-8/h6,13H,3-5H2,1-2H3,(H,14,15). The monoisotopic (exact) mass is 224 g/mol. The molecular weight excluding hydrogens is 209 g/mol. The number of carbonyl (C=O) groups excluding carboxylic acids is 1. The molecule has 1 atom stereocenters. The van der Waals surface area contributed by atoms with E-state index in [4.69, 9.17) is 0 Å². The Labute approximate surface area is 86.4 Å². The molecule has 88 valence electrons. The van der Waals surface area contributed by atoms with Crippen LogP contribution >= 0.6 is 0 Å². The first-order chi connectivity index (χ1) is 6.79. The van der Waals surface area contributed by atoms with Crippen LogP contribution in [0.15, 0.2) is 0 Å². The van der Waals surface area contributed by atoms with Crippen LogP contribution in [0.2, 0.25) is 0 Å². The average molecular weight is 224 g/mol. The lowest BCUT2D eigenvalue weighted by molar-refractivity contribution is -0.216. The molecule has 0 aliphatic carbocycles. The quantitative estimate of drug-likeness (QED) is 0.736.